The van der Waals surface area contributed by atoms with E-state index in [4.69, 9.17) is 14.2 Å². The topological polar surface area (TPSA) is 27.7 Å². The zero-order valence-electron chi connectivity index (χ0n) is 13.7. The fourth-order valence-electron chi connectivity index (χ4n) is 2.83. The van der Waals surface area contributed by atoms with Crippen molar-refractivity contribution >= 4 is 15.9 Å². The van der Waals surface area contributed by atoms with Crippen molar-refractivity contribution in [2.75, 3.05) is 45.0 Å². The van der Waals surface area contributed by atoms with Gasteiger partial charge in [-0.3, -0.25) is 0 Å². The van der Waals surface area contributed by atoms with E-state index in [0.29, 0.717) is 31.8 Å². The molecular weight excluding hydrogens is 332 g/mol. The largest absolute Gasteiger partial charge is 0.379 e. The van der Waals surface area contributed by atoms with Crippen LogP contribution in [0.5, 0.6) is 0 Å². The quantitative estimate of drug-likeness (QED) is 0.353. The summed E-state index contributed by atoms with van der Waals surface area (Å²) in [5.41, 5.74) is 0.492. The first-order chi connectivity index (χ1) is 10.3. The molecule has 1 aliphatic carbocycles. The van der Waals surface area contributed by atoms with Gasteiger partial charge in [0.25, 0.3) is 0 Å². The van der Waals surface area contributed by atoms with Crippen LogP contribution >= 0.6 is 15.9 Å². The lowest BCUT2D eigenvalue weighted by atomic mass is 9.74. The summed E-state index contributed by atoms with van der Waals surface area (Å²) in [5, 5.41) is 1.12. The summed E-state index contributed by atoms with van der Waals surface area (Å²) in [4.78, 5) is 0. The molecule has 0 heterocycles. The van der Waals surface area contributed by atoms with Gasteiger partial charge in [0.1, 0.15) is 0 Å². The average Bonchev–Trinajstić information content (AvgIpc) is 2.53. The normalized spacial score (nSPS) is 18.0. The molecule has 0 unspecified atom stereocenters. The molecule has 4 heteroatoms. The minimum absolute atomic E-state index is 0.492. The molecule has 1 aliphatic rings. The van der Waals surface area contributed by atoms with E-state index < -0.39 is 0 Å². The molecule has 0 aromatic heterocycles. The molecule has 21 heavy (non-hydrogen) atoms. The lowest BCUT2D eigenvalue weighted by Gasteiger charge is -2.35. The van der Waals surface area contributed by atoms with Crippen LogP contribution in [-0.2, 0) is 14.2 Å². The van der Waals surface area contributed by atoms with Crippen molar-refractivity contribution in [3.05, 3.63) is 0 Å². The van der Waals surface area contributed by atoms with Gasteiger partial charge < -0.3 is 14.2 Å². The molecule has 0 aromatic carbocycles. The minimum atomic E-state index is 0.492. The molecule has 0 radical (unpaired) electrons. The lowest BCUT2D eigenvalue weighted by molar-refractivity contribution is 0.00688. The van der Waals surface area contributed by atoms with Gasteiger partial charge in [0, 0.05) is 18.5 Å². The summed E-state index contributed by atoms with van der Waals surface area (Å²) in [7, 11) is 0. The Morgan fingerprint density at radius 1 is 0.810 bits per heavy atom. The zero-order valence-corrected chi connectivity index (χ0v) is 15.3. The van der Waals surface area contributed by atoms with Crippen LogP contribution < -0.4 is 0 Å². The first kappa shape index (κ1) is 19.4. The van der Waals surface area contributed by atoms with E-state index in [1.165, 1.54) is 44.9 Å². The molecule has 0 aromatic rings. The number of rotatable bonds is 13. The summed E-state index contributed by atoms with van der Waals surface area (Å²) < 4.78 is 16.7. The summed E-state index contributed by atoms with van der Waals surface area (Å²) in [6.07, 6.45) is 10.4. The molecule has 0 atom stereocenters. The summed E-state index contributed by atoms with van der Waals surface area (Å²) >= 11 is 3.70. The van der Waals surface area contributed by atoms with Gasteiger partial charge in [0.15, 0.2) is 0 Å². The molecule has 0 aliphatic heterocycles. The lowest BCUT2D eigenvalue weighted by Crippen LogP contribution is -2.27. The van der Waals surface area contributed by atoms with E-state index in [-0.39, 0.29) is 0 Å². The van der Waals surface area contributed by atoms with Crippen molar-refractivity contribution in [3.63, 3.8) is 0 Å². The number of unbranched alkanes of at least 4 members (excludes halogenated alkanes) is 1. The second-order valence-corrected chi connectivity index (χ2v) is 6.70. The number of ether oxygens (including phenoxy) is 3. The minimum Gasteiger partial charge on any atom is -0.379 e. The molecule has 0 spiro atoms. The first-order valence-corrected chi connectivity index (χ1v) is 9.74. The van der Waals surface area contributed by atoms with Crippen molar-refractivity contribution in [1.82, 2.24) is 0 Å². The third-order valence-corrected chi connectivity index (χ3v) is 5.55. The van der Waals surface area contributed by atoms with Crippen molar-refractivity contribution in [1.29, 1.82) is 0 Å². The van der Waals surface area contributed by atoms with E-state index >= 15 is 0 Å². The SMILES string of the molecule is CCCCOCCOCCOCCC1(CBr)CCCCC1. The first-order valence-electron chi connectivity index (χ1n) is 8.62. The highest BCUT2D eigenvalue weighted by Gasteiger charge is 2.30. The molecule has 0 N–H and O–H groups in total. The second kappa shape index (κ2) is 12.9. The Morgan fingerprint density at radius 2 is 1.38 bits per heavy atom. The maximum Gasteiger partial charge on any atom is 0.0701 e. The van der Waals surface area contributed by atoms with E-state index in [2.05, 4.69) is 22.9 Å². The fourth-order valence-corrected chi connectivity index (χ4v) is 3.67. The Kier molecular flexibility index (Phi) is 11.9. The van der Waals surface area contributed by atoms with Crippen LogP contribution in [0.1, 0.15) is 58.3 Å². The van der Waals surface area contributed by atoms with Gasteiger partial charge >= 0.3 is 0 Å². The predicted molar refractivity (Wildman–Crippen MR) is 91.3 cm³/mol. The van der Waals surface area contributed by atoms with Crippen LogP contribution in [-0.4, -0.2) is 45.0 Å². The molecular formula is C17H33BrO3. The van der Waals surface area contributed by atoms with Crippen LogP contribution in [0, 0.1) is 5.41 Å². The number of hydrogen-bond donors (Lipinski definition) is 0. The Labute approximate surface area is 139 Å². The number of hydrogen-bond acceptors (Lipinski definition) is 3. The van der Waals surface area contributed by atoms with Gasteiger partial charge in [-0.05, 0) is 31.1 Å². The smallest absolute Gasteiger partial charge is 0.0701 e. The van der Waals surface area contributed by atoms with E-state index in [1.54, 1.807) is 0 Å². The van der Waals surface area contributed by atoms with E-state index in [0.717, 1.165) is 25.0 Å². The van der Waals surface area contributed by atoms with Crippen molar-refractivity contribution < 1.29 is 14.2 Å². The monoisotopic (exact) mass is 364 g/mol. The highest BCUT2D eigenvalue weighted by molar-refractivity contribution is 9.09. The Bertz CT molecular complexity index is 230. The van der Waals surface area contributed by atoms with Gasteiger partial charge in [-0.2, -0.15) is 0 Å². The molecule has 0 amide bonds. The molecule has 1 saturated carbocycles. The second-order valence-electron chi connectivity index (χ2n) is 6.13. The van der Waals surface area contributed by atoms with Gasteiger partial charge in [-0.25, -0.2) is 0 Å². The van der Waals surface area contributed by atoms with E-state index in [9.17, 15) is 0 Å². The Balaban J connectivity index is 1.87. The predicted octanol–water partition coefficient (Wildman–Crippen LogP) is 4.57. The molecule has 1 fully saturated rings. The van der Waals surface area contributed by atoms with Gasteiger partial charge in [-0.1, -0.05) is 48.5 Å². The van der Waals surface area contributed by atoms with Crippen LogP contribution in [0.3, 0.4) is 0 Å². The van der Waals surface area contributed by atoms with Crippen molar-refractivity contribution in [2.45, 2.75) is 58.3 Å². The number of alkyl halides is 1. The van der Waals surface area contributed by atoms with Crippen molar-refractivity contribution in [2.24, 2.45) is 5.41 Å². The summed E-state index contributed by atoms with van der Waals surface area (Å²) in [5.74, 6) is 0. The maximum absolute atomic E-state index is 5.72. The molecule has 1 rings (SSSR count). The van der Waals surface area contributed by atoms with Gasteiger partial charge in [0.05, 0.1) is 26.4 Å². The number of halogens is 1. The summed E-state index contributed by atoms with van der Waals surface area (Å²) in [6, 6.07) is 0. The Morgan fingerprint density at radius 3 is 1.95 bits per heavy atom. The molecule has 0 saturated heterocycles. The van der Waals surface area contributed by atoms with Crippen LogP contribution in [0.15, 0.2) is 0 Å². The van der Waals surface area contributed by atoms with E-state index in [1.807, 2.05) is 0 Å². The highest BCUT2D eigenvalue weighted by Crippen LogP contribution is 2.40. The molecule has 126 valence electrons. The average molecular weight is 365 g/mol. The van der Waals surface area contributed by atoms with Crippen LogP contribution in [0.2, 0.25) is 0 Å². The van der Waals surface area contributed by atoms with Gasteiger partial charge in [-0.15, -0.1) is 0 Å². The van der Waals surface area contributed by atoms with Gasteiger partial charge in [0.2, 0.25) is 0 Å². The standard InChI is InChI=1S/C17H33BrO3/c1-2-3-10-19-12-14-21-15-13-20-11-9-17(16-18)7-5-4-6-8-17/h2-16H2,1H3. The molecule has 3 nitrogen and oxygen atoms in total. The third-order valence-electron chi connectivity index (χ3n) is 4.36. The fraction of sp³-hybridized carbons (Fsp3) is 1.00. The zero-order chi connectivity index (χ0) is 15.2. The van der Waals surface area contributed by atoms with Crippen molar-refractivity contribution in [3.8, 4) is 0 Å². The highest BCUT2D eigenvalue weighted by atomic mass is 79.9. The Hall–Kier alpha value is 0.360. The maximum atomic E-state index is 5.72. The summed E-state index contributed by atoms with van der Waals surface area (Å²) in [6.45, 7) is 6.65. The van der Waals surface area contributed by atoms with Crippen LogP contribution in [0.4, 0.5) is 0 Å². The molecule has 0 bridgehead atoms. The third kappa shape index (κ3) is 9.17. The van der Waals surface area contributed by atoms with Crippen LogP contribution in [0.25, 0.3) is 0 Å².